The normalized spacial score (nSPS) is 11.5. The minimum absolute atomic E-state index is 0.0106. The maximum Gasteiger partial charge on any atom is 0.325 e. The van der Waals surface area contributed by atoms with Gasteiger partial charge in [0.25, 0.3) is 6.02 Å². The number of nitrogens with zero attached hydrogens (tertiary/aromatic N) is 4. The molecule has 0 aliphatic heterocycles. The molecule has 10 nitrogen and oxygen atoms in total. The smallest absolute Gasteiger partial charge is 0.325 e. The second kappa shape index (κ2) is 12.6. The number of hydrogen-bond acceptors (Lipinski definition) is 10. The van der Waals surface area contributed by atoms with E-state index < -0.39 is 0 Å². The number of carbonyl (C=O) groups is 1. The minimum Gasteiger partial charge on any atom is -0.396 e. The SMILES string of the molecule is CCSC(Cc1nnc(OC(=N)Nc2cccc(C)c2)s1)c1nnc(NC(=O)Nc2cccc(C)c2)s1. The molecule has 0 saturated carbocycles. The Kier molecular flexibility index (Phi) is 9.04. The Hall–Kier alpha value is -3.55. The molecule has 4 rings (SSSR count). The number of benzene rings is 2. The van der Waals surface area contributed by atoms with Gasteiger partial charge in [-0.15, -0.1) is 15.3 Å². The van der Waals surface area contributed by atoms with E-state index in [2.05, 4.69) is 43.3 Å². The van der Waals surface area contributed by atoms with Crippen molar-refractivity contribution in [2.75, 3.05) is 21.7 Å². The fourth-order valence-electron chi connectivity index (χ4n) is 3.30. The molecule has 0 spiro atoms. The number of nitrogens with one attached hydrogen (secondary N) is 4. The van der Waals surface area contributed by atoms with Crippen molar-refractivity contribution in [3.05, 3.63) is 69.7 Å². The second-order valence-corrected chi connectivity index (χ2v) is 11.4. The monoisotopic (exact) mass is 554 g/mol. The molecule has 2 amide bonds. The Labute approximate surface area is 226 Å². The van der Waals surface area contributed by atoms with Gasteiger partial charge < -0.3 is 15.4 Å². The predicted molar refractivity (Wildman–Crippen MR) is 151 cm³/mol. The van der Waals surface area contributed by atoms with Gasteiger partial charge in [0.2, 0.25) is 5.13 Å². The number of anilines is 3. The van der Waals surface area contributed by atoms with Crippen LogP contribution in [0.3, 0.4) is 0 Å². The Bertz CT molecular complexity index is 1370. The summed E-state index contributed by atoms with van der Waals surface area (Å²) in [4.78, 5) is 12.4. The van der Waals surface area contributed by atoms with Crippen molar-refractivity contribution in [3.8, 4) is 5.19 Å². The Morgan fingerprint density at radius 1 is 0.973 bits per heavy atom. The highest BCUT2D eigenvalue weighted by Crippen LogP contribution is 2.36. The van der Waals surface area contributed by atoms with Crippen LogP contribution in [0, 0.1) is 19.3 Å². The lowest BCUT2D eigenvalue weighted by molar-refractivity contribution is 0.262. The molecule has 0 aliphatic rings. The Morgan fingerprint density at radius 3 is 2.35 bits per heavy atom. The lowest BCUT2D eigenvalue weighted by Crippen LogP contribution is -2.19. The van der Waals surface area contributed by atoms with Crippen LogP contribution >= 0.6 is 34.4 Å². The van der Waals surface area contributed by atoms with Crippen LogP contribution in [0.1, 0.15) is 33.3 Å². The summed E-state index contributed by atoms with van der Waals surface area (Å²) in [6.45, 7) is 6.01. The summed E-state index contributed by atoms with van der Waals surface area (Å²) in [6, 6.07) is 14.7. The fraction of sp³-hybridized carbons (Fsp3) is 0.250. The first-order chi connectivity index (χ1) is 17.9. The highest BCUT2D eigenvalue weighted by atomic mass is 32.2. The van der Waals surface area contributed by atoms with Gasteiger partial charge in [0.1, 0.15) is 10.0 Å². The summed E-state index contributed by atoms with van der Waals surface area (Å²) in [5.74, 6) is 0.869. The molecule has 4 aromatic rings. The van der Waals surface area contributed by atoms with Crippen LogP contribution in [0.25, 0.3) is 0 Å². The largest absolute Gasteiger partial charge is 0.396 e. The zero-order valence-electron chi connectivity index (χ0n) is 20.4. The van der Waals surface area contributed by atoms with Gasteiger partial charge in [0.15, 0.2) is 0 Å². The van der Waals surface area contributed by atoms with E-state index in [1.54, 1.807) is 11.8 Å². The van der Waals surface area contributed by atoms with Gasteiger partial charge in [-0.2, -0.15) is 11.8 Å². The highest BCUT2D eigenvalue weighted by molar-refractivity contribution is 7.99. The van der Waals surface area contributed by atoms with Gasteiger partial charge in [-0.25, -0.2) is 4.79 Å². The van der Waals surface area contributed by atoms with E-state index in [0.29, 0.717) is 17.2 Å². The third kappa shape index (κ3) is 7.97. The van der Waals surface area contributed by atoms with Gasteiger partial charge in [-0.1, -0.05) is 59.0 Å². The van der Waals surface area contributed by atoms with Crippen molar-refractivity contribution in [2.24, 2.45) is 0 Å². The van der Waals surface area contributed by atoms with Gasteiger partial charge >= 0.3 is 11.2 Å². The number of aromatic nitrogens is 4. The summed E-state index contributed by atoms with van der Waals surface area (Å²) in [7, 11) is 0. The number of thioether (sulfide) groups is 1. The summed E-state index contributed by atoms with van der Waals surface area (Å²) in [5, 5.41) is 35.5. The molecule has 0 saturated heterocycles. The average molecular weight is 555 g/mol. The van der Waals surface area contributed by atoms with Crippen molar-refractivity contribution in [2.45, 2.75) is 32.4 Å². The standard InChI is InChI=1S/C24H26N8O2S3/c1-4-35-18(20-30-31-23(37-20)28-22(33)27-17-10-6-8-15(3)12-17)13-19-29-32-24(36-19)34-21(25)26-16-9-5-7-14(2)11-16/h5-12,18H,4,13H2,1-3H3,(H2,25,26)(H2,27,28,31,33). The zero-order chi connectivity index (χ0) is 26.2. The van der Waals surface area contributed by atoms with Crippen LogP contribution in [0.5, 0.6) is 5.19 Å². The Morgan fingerprint density at radius 2 is 1.68 bits per heavy atom. The maximum atomic E-state index is 12.4. The minimum atomic E-state index is -0.374. The topological polar surface area (TPSA) is 138 Å². The number of carbonyl (C=O) groups excluding carboxylic acids is 1. The summed E-state index contributed by atoms with van der Waals surface area (Å²) in [5.41, 5.74) is 3.61. The molecule has 13 heteroatoms. The molecule has 2 aromatic heterocycles. The van der Waals surface area contributed by atoms with Crippen LogP contribution in [0.15, 0.2) is 48.5 Å². The molecule has 4 N–H and O–H groups in total. The highest BCUT2D eigenvalue weighted by Gasteiger charge is 2.21. The number of amides is 2. The van der Waals surface area contributed by atoms with Crippen LogP contribution < -0.4 is 20.7 Å². The van der Waals surface area contributed by atoms with Crippen molar-refractivity contribution in [3.63, 3.8) is 0 Å². The van der Waals surface area contributed by atoms with E-state index in [4.69, 9.17) is 10.1 Å². The first-order valence-corrected chi connectivity index (χ1v) is 14.1. The van der Waals surface area contributed by atoms with Crippen molar-refractivity contribution in [1.29, 1.82) is 5.41 Å². The van der Waals surface area contributed by atoms with E-state index in [0.717, 1.165) is 32.6 Å². The van der Waals surface area contributed by atoms with Crippen molar-refractivity contribution < 1.29 is 9.53 Å². The number of amidine groups is 1. The number of rotatable bonds is 9. The van der Waals surface area contributed by atoms with E-state index in [1.165, 1.54) is 22.7 Å². The molecule has 0 bridgehead atoms. The molecule has 2 aromatic carbocycles. The number of ether oxygens (including phenoxy) is 1. The first kappa shape index (κ1) is 26.5. The quantitative estimate of drug-likeness (QED) is 0.144. The number of aryl methyl sites for hydroxylation is 2. The third-order valence-electron chi connectivity index (χ3n) is 4.85. The van der Waals surface area contributed by atoms with Crippen molar-refractivity contribution >= 4 is 63.0 Å². The molecular weight excluding hydrogens is 529 g/mol. The van der Waals surface area contributed by atoms with Crippen LogP contribution in [0.2, 0.25) is 0 Å². The van der Waals surface area contributed by atoms with Crippen LogP contribution in [-0.2, 0) is 6.42 Å². The lowest BCUT2D eigenvalue weighted by Gasteiger charge is -2.10. The second-order valence-electron chi connectivity index (χ2n) is 7.93. The molecule has 0 aliphatic carbocycles. The number of urea groups is 1. The molecule has 192 valence electrons. The lowest BCUT2D eigenvalue weighted by atomic mass is 10.2. The Balaban J connectivity index is 1.34. The van der Waals surface area contributed by atoms with Gasteiger partial charge in [0, 0.05) is 17.8 Å². The van der Waals surface area contributed by atoms with Crippen molar-refractivity contribution in [1.82, 2.24) is 20.4 Å². The predicted octanol–water partition coefficient (Wildman–Crippen LogP) is 6.11. The van der Waals surface area contributed by atoms with E-state index >= 15 is 0 Å². The number of hydrogen-bond donors (Lipinski definition) is 4. The van der Waals surface area contributed by atoms with E-state index in [-0.39, 0.29) is 22.5 Å². The first-order valence-electron chi connectivity index (χ1n) is 11.4. The zero-order valence-corrected chi connectivity index (χ0v) is 22.9. The van der Waals surface area contributed by atoms with Gasteiger partial charge in [-0.3, -0.25) is 10.7 Å². The summed E-state index contributed by atoms with van der Waals surface area (Å²) >= 11 is 4.32. The molecule has 0 radical (unpaired) electrons. The maximum absolute atomic E-state index is 12.4. The van der Waals surface area contributed by atoms with Gasteiger partial charge in [0.05, 0.1) is 5.25 Å². The molecule has 1 unspecified atom stereocenters. The van der Waals surface area contributed by atoms with Crippen LogP contribution in [-0.4, -0.2) is 38.2 Å². The molecule has 37 heavy (non-hydrogen) atoms. The van der Waals surface area contributed by atoms with E-state index in [9.17, 15) is 4.79 Å². The summed E-state index contributed by atoms with van der Waals surface area (Å²) in [6.07, 6.45) is 0.572. The van der Waals surface area contributed by atoms with E-state index in [1.807, 2.05) is 62.4 Å². The molecule has 0 fully saturated rings. The third-order valence-corrected chi connectivity index (χ3v) is 7.90. The summed E-state index contributed by atoms with van der Waals surface area (Å²) < 4.78 is 5.52. The molecule has 1 atom stereocenters. The van der Waals surface area contributed by atoms with Crippen LogP contribution in [0.4, 0.5) is 21.3 Å². The molecule has 2 heterocycles. The molecular formula is C24H26N8O2S3. The average Bonchev–Trinajstić information content (AvgIpc) is 3.48. The fourth-order valence-corrected chi connectivity index (χ4v) is 6.09. The van der Waals surface area contributed by atoms with Gasteiger partial charge in [-0.05, 0) is 55.0 Å².